The summed E-state index contributed by atoms with van der Waals surface area (Å²) in [6, 6.07) is -0.999. The summed E-state index contributed by atoms with van der Waals surface area (Å²) in [5.74, 6) is -14.8. The van der Waals surface area contributed by atoms with Gasteiger partial charge in [-0.05, 0) is 76.1 Å². The van der Waals surface area contributed by atoms with E-state index in [1.807, 2.05) is 0 Å². The molecule has 30 heteroatoms. The van der Waals surface area contributed by atoms with Crippen LogP contribution in [0.3, 0.4) is 0 Å². The third kappa shape index (κ3) is 16.1. The van der Waals surface area contributed by atoms with E-state index in [0.717, 1.165) is 18.7 Å². The van der Waals surface area contributed by atoms with E-state index in [0.29, 0.717) is 39.4 Å². The number of hydrogen-bond acceptors (Lipinski definition) is 17. The Bertz CT molecular complexity index is 3380. The molecule has 0 saturated carbocycles. The Hall–Kier alpha value is -9.26. The summed E-state index contributed by atoms with van der Waals surface area (Å²) in [5.41, 5.74) is 7.42. The van der Waals surface area contributed by atoms with Crippen LogP contribution in [0.15, 0.2) is 66.6 Å². The maximum atomic E-state index is 15.3. The number of carboxylic acids is 1. The highest BCUT2D eigenvalue weighted by atomic mass is 16.5. The van der Waals surface area contributed by atoms with Crippen LogP contribution in [-0.4, -0.2) is 210 Å². The van der Waals surface area contributed by atoms with Gasteiger partial charge in [-0.25, -0.2) is 4.79 Å². The highest BCUT2D eigenvalue weighted by molar-refractivity contribution is 6.07. The van der Waals surface area contributed by atoms with Crippen molar-refractivity contribution < 1.29 is 82.7 Å². The van der Waals surface area contributed by atoms with Crippen molar-refractivity contribution in [3.05, 3.63) is 77.7 Å². The Morgan fingerprint density at radius 3 is 2.00 bits per heavy atom. The molecule has 13 unspecified atom stereocenters. The predicted molar refractivity (Wildman–Crippen MR) is 316 cm³/mol. The van der Waals surface area contributed by atoms with Gasteiger partial charge in [0, 0.05) is 58.8 Å². The highest BCUT2D eigenvalue weighted by Gasteiger charge is 2.45. The molecule has 3 aliphatic rings. The smallest absolute Gasteiger partial charge is 0.329 e. The molecule has 10 amide bonds. The molecule has 2 aromatic heterocycles. The van der Waals surface area contributed by atoms with Crippen LogP contribution in [0.25, 0.3) is 27.9 Å². The number of fused-ring (bicyclic) bond motifs is 4. The van der Waals surface area contributed by atoms with Crippen LogP contribution < -0.4 is 48.3 Å². The van der Waals surface area contributed by atoms with Gasteiger partial charge in [-0.3, -0.25) is 52.7 Å². The largest absolute Gasteiger partial charge is 0.480 e. The normalized spacial score (nSPS) is 25.6. The molecule has 7 rings (SSSR count). The number of nitrogens with two attached hydrogens (primary N) is 1. The number of cyclic esters (lactones) is 1. The van der Waals surface area contributed by atoms with E-state index >= 15 is 14.4 Å². The standard InChI is InChI=1S/C59H77N13O17/c1-27(2)49(77)48-57(85)72-20-12-18-42(72)59(88)89-31(6)47(69-52(80)40(26-73)65-43(75)22-36(60)58(86)87)56(84)68-46(30(5)74)55(83)64-29(4)50(78)63-25-44(76)71-19-11-17-41(71)53(81)66-39(21-32-23-61-37-15-9-7-13-33(32)37)51(79)67-45(54(82)70-48)28(3)35-24-62-38-16-10-8-14-34(35)38/h7-10,13-16,21,23-24,27-31,36,40-42,45-49,61-62,73-74,77H,11-12,17-20,22,25-26,60H2,1-6H3,(H,63,78)(H,64,83)(H,65,75)(H,66,81)(H,67,79)(H,68,84)(H,69,80)(H,70,82)(H,86,87)/b39-21+. The zero-order chi connectivity index (χ0) is 65.1. The quantitative estimate of drug-likeness (QED) is 0.0471. The van der Waals surface area contributed by atoms with Crippen molar-refractivity contribution in [3.63, 3.8) is 0 Å². The van der Waals surface area contributed by atoms with Crippen LogP contribution in [-0.2, 0) is 62.3 Å². The van der Waals surface area contributed by atoms with Gasteiger partial charge in [0.05, 0.1) is 31.8 Å². The van der Waals surface area contributed by atoms with Crippen LogP contribution in [0.5, 0.6) is 0 Å². The third-order valence-corrected chi connectivity index (χ3v) is 16.0. The SMILES string of the molecule is CC1NC(=O)C(C(C)O)NC(=O)C(NC(=O)C(CO)NC(=O)CC(N)C(=O)O)C(C)OC(=O)C2CCCN2C(=O)C(C(O)C(C)C)NC(=O)C(C(C)c2c[nH]c3ccccc23)NC(=O)/C(=C\c2c[nH]c3ccccc23)NC(=O)C2CCCN2C(=O)CNC1=O. The lowest BCUT2D eigenvalue weighted by atomic mass is 9.91. The number of ether oxygens (including phenoxy) is 1. The van der Waals surface area contributed by atoms with Crippen LogP contribution in [0.1, 0.15) is 90.7 Å². The number of aliphatic hydroxyl groups is 3. The molecule has 0 radical (unpaired) electrons. The number of hydrogen-bond donors (Lipinski definition) is 15. The lowest BCUT2D eigenvalue weighted by molar-refractivity contribution is -0.161. The van der Waals surface area contributed by atoms with Gasteiger partial charge in [-0.2, -0.15) is 0 Å². The van der Waals surface area contributed by atoms with Crippen LogP contribution >= 0.6 is 0 Å². The monoisotopic (exact) mass is 1240 g/mol. The number of para-hydroxylation sites is 2. The number of nitrogens with zero attached hydrogens (tertiary/aromatic N) is 2. The van der Waals surface area contributed by atoms with Crippen molar-refractivity contribution in [2.24, 2.45) is 11.7 Å². The fourth-order valence-corrected chi connectivity index (χ4v) is 10.9. The van der Waals surface area contributed by atoms with Crippen molar-refractivity contribution in [1.82, 2.24) is 62.3 Å². The first-order valence-electron chi connectivity index (χ1n) is 29.2. The number of carbonyl (C=O) groups is 12. The Labute approximate surface area is 510 Å². The molecule has 16 N–H and O–H groups in total. The molecule has 4 aromatic rings. The zero-order valence-electron chi connectivity index (χ0n) is 49.9. The topological polar surface area (TPSA) is 455 Å². The zero-order valence-corrected chi connectivity index (χ0v) is 49.9. The van der Waals surface area contributed by atoms with Gasteiger partial charge in [-0.1, -0.05) is 57.2 Å². The van der Waals surface area contributed by atoms with Gasteiger partial charge in [0.25, 0.3) is 5.91 Å². The van der Waals surface area contributed by atoms with Gasteiger partial charge in [-0.15, -0.1) is 0 Å². The summed E-state index contributed by atoms with van der Waals surface area (Å²) in [4.78, 5) is 177. The fourth-order valence-electron chi connectivity index (χ4n) is 10.9. The van der Waals surface area contributed by atoms with E-state index in [9.17, 15) is 63.6 Å². The highest BCUT2D eigenvalue weighted by Crippen LogP contribution is 2.30. The minimum absolute atomic E-state index is 0.0449. The molecule has 13 atom stereocenters. The summed E-state index contributed by atoms with van der Waals surface area (Å²) in [6.07, 6.45) is -0.909. The summed E-state index contributed by atoms with van der Waals surface area (Å²) in [7, 11) is 0. The van der Waals surface area contributed by atoms with Crippen molar-refractivity contribution >= 4 is 98.9 Å². The number of aromatic nitrogens is 2. The number of nitrogens with one attached hydrogen (secondary N) is 10. The molecular weight excluding hydrogens is 1160 g/mol. The predicted octanol–water partition coefficient (Wildman–Crippen LogP) is -2.93. The molecule has 3 saturated heterocycles. The van der Waals surface area contributed by atoms with Gasteiger partial charge in [0.2, 0.25) is 53.2 Å². The molecule has 480 valence electrons. The van der Waals surface area contributed by atoms with Gasteiger partial charge in [0.1, 0.15) is 66.2 Å². The number of H-pyrrole nitrogens is 2. The molecule has 2 aromatic carbocycles. The second-order valence-corrected chi connectivity index (χ2v) is 22.8. The number of carbonyl (C=O) groups excluding carboxylic acids is 11. The van der Waals surface area contributed by atoms with E-state index in [4.69, 9.17) is 10.5 Å². The number of aliphatic hydroxyl groups excluding tert-OH is 3. The van der Waals surface area contributed by atoms with Crippen LogP contribution in [0.2, 0.25) is 0 Å². The average molecular weight is 1240 g/mol. The summed E-state index contributed by atoms with van der Waals surface area (Å²) < 4.78 is 5.79. The van der Waals surface area contributed by atoms with Crippen LogP contribution in [0, 0.1) is 5.92 Å². The van der Waals surface area contributed by atoms with Crippen molar-refractivity contribution in [2.75, 3.05) is 26.2 Å². The first-order valence-corrected chi connectivity index (χ1v) is 29.2. The third-order valence-electron chi connectivity index (χ3n) is 16.0. The number of aromatic amines is 2. The maximum absolute atomic E-state index is 15.3. The Morgan fingerprint density at radius 2 is 1.35 bits per heavy atom. The second-order valence-electron chi connectivity index (χ2n) is 22.8. The molecular formula is C59H77N13O17. The molecule has 0 aliphatic carbocycles. The number of carboxylic acid groups (broad SMARTS) is 1. The van der Waals surface area contributed by atoms with Gasteiger partial charge >= 0.3 is 11.9 Å². The van der Waals surface area contributed by atoms with E-state index in [1.165, 1.54) is 17.9 Å². The van der Waals surface area contributed by atoms with Crippen molar-refractivity contribution in [2.45, 2.75) is 152 Å². The second kappa shape index (κ2) is 29.6. The first kappa shape index (κ1) is 67.3. The molecule has 30 nitrogen and oxygen atoms in total. The lowest BCUT2D eigenvalue weighted by Gasteiger charge is -2.34. The number of amides is 10. The Morgan fingerprint density at radius 1 is 0.742 bits per heavy atom. The number of esters is 1. The summed E-state index contributed by atoms with van der Waals surface area (Å²) in [6.45, 7) is 6.26. The molecule has 5 heterocycles. The van der Waals surface area contributed by atoms with E-state index in [2.05, 4.69) is 52.5 Å². The molecule has 0 spiro atoms. The fraction of sp³-hybridized carbons (Fsp3) is 0.492. The van der Waals surface area contributed by atoms with Crippen LogP contribution in [0.4, 0.5) is 0 Å². The molecule has 3 fully saturated rings. The lowest BCUT2D eigenvalue weighted by Crippen LogP contribution is -2.63. The van der Waals surface area contributed by atoms with E-state index in [1.54, 1.807) is 81.7 Å². The molecule has 0 bridgehead atoms. The van der Waals surface area contributed by atoms with Crippen molar-refractivity contribution in [1.29, 1.82) is 0 Å². The average Bonchev–Trinajstić information content (AvgIpc) is 3.67. The Balaban J connectivity index is 1.29. The minimum Gasteiger partial charge on any atom is -0.480 e. The summed E-state index contributed by atoms with van der Waals surface area (Å²) in [5, 5.41) is 63.0. The molecule has 89 heavy (non-hydrogen) atoms. The van der Waals surface area contributed by atoms with E-state index in [-0.39, 0.29) is 38.0 Å². The first-order chi connectivity index (χ1) is 42.2. The summed E-state index contributed by atoms with van der Waals surface area (Å²) >= 11 is 0. The van der Waals surface area contributed by atoms with Crippen molar-refractivity contribution in [3.8, 4) is 0 Å². The van der Waals surface area contributed by atoms with E-state index < -0.39 is 175 Å². The minimum atomic E-state index is -2.08. The number of aliphatic carboxylic acids is 1. The number of rotatable bonds is 13. The van der Waals surface area contributed by atoms with Gasteiger partial charge < -0.3 is 93.2 Å². The van der Waals surface area contributed by atoms with Gasteiger partial charge in [0.15, 0.2) is 0 Å². The maximum Gasteiger partial charge on any atom is 0.329 e. The Kier molecular flexibility index (Phi) is 22.4. The number of benzene rings is 2. The molecule has 3 aliphatic heterocycles.